The molecule has 1 N–H and O–H groups in total. The van der Waals surface area contributed by atoms with E-state index in [9.17, 15) is 4.39 Å². The maximum absolute atomic E-state index is 11.9. The van der Waals surface area contributed by atoms with Gasteiger partial charge in [0, 0.05) is 12.7 Å². The largest absolute Gasteiger partial charge is 0.388 e. The van der Waals surface area contributed by atoms with Crippen molar-refractivity contribution < 1.29 is 4.39 Å². The Morgan fingerprint density at radius 1 is 1.60 bits per heavy atom. The van der Waals surface area contributed by atoms with E-state index in [1.807, 2.05) is 20.0 Å². The topological polar surface area (TPSA) is 12.0 Å². The molecule has 0 spiro atoms. The summed E-state index contributed by atoms with van der Waals surface area (Å²) in [6.45, 7) is 3.30. The van der Waals surface area contributed by atoms with Crippen LogP contribution in [0.2, 0.25) is 0 Å². The van der Waals surface area contributed by atoms with Crippen LogP contribution in [-0.2, 0) is 0 Å². The first kappa shape index (κ1) is 9.21. The molecule has 10 heavy (non-hydrogen) atoms. The number of rotatable bonds is 3. The van der Waals surface area contributed by atoms with Gasteiger partial charge in [-0.25, -0.2) is 4.39 Å². The zero-order valence-corrected chi connectivity index (χ0v) is 6.74. The highest BCUT2D eigenvalue weighted by atomic mass is 19.1. The lowest BCUT2D eigenvalue weighted by molar-refractivity contribution is 0.543. The maximum Gasteiger partial charge on any atom is 0.111 e. The second-order valence-electron chi connectivity index (χ2n) is 2.12. The van der Waals surface area contributed by atoms with E-state index in [0.717, 1.165) is 11.3 Å². The Hall–Kier alpha value is -0.790. The van der Waals surface area contributed by atoms with Gasteiger partial charge in [-0.1, -0.05) is 6.08 Å². The Kier molecular flexibility index (Phi) is 4.63. The fraction of sp³-hybridized carbons (Fsp3) is 0.500. The summed E-state index contributed by atoms with van der Waals surface area (Å²) < 4.78 is 11.9. The maximum atomic E-state index is 11.9. The van der Waals surface area contributed by atoms with Gasteiger partial charge in [0.05, 0.1) is 0 Å². The van der Waals surface area contributed by atoms with E-state index in [2.05, 4.69) is 5.32 Å². The molecule has 0 radical (unpaired) electrons. The van der Waals surface area contributed by atoms with Crippen LogP contribution in [0.4, 0.5) is 4.39 Å². The minimum absolute atomic E-state index is 0.376. The Morgan fingerprint density at radius 2 is 2.20 bits per heavy atom. The molecule has 0 bridgehead atoms. The summed E-state index contributed by atoms with van der Waals surface area (Å²) in [5, 5.41) is 2.94. The van der Waals surface area contributed by atoms with Crippen molar-refractivity contribution in [3.8, 4) is 0 Å². The van der Waals surface area contributed by atoms with Gasteiger partial charge >= 0.3 is 0 Å². The van der Waals surface area contributed by atoms with Crippen LogP contribution >= 0.6 is 0 Å². The molecule has 0 saturated carbocycles. The number of hydrogen-bond acceptors (Lipinski definition) is 1. The number of allylic oxidation sites excluding steroid dienone is 3. The molecule has 58 valence electrons. The predicted octanol–water partition coefficient (Wildman–Crippen LogP) is 2.03. The van der Waals surface area contributed by atoms with E-state index in [0.29, 0.717) is 0 Å². The molecule has 1 nitrogen and oxygen atoms in total. The molecule has 0 rings (SSSR count). The molecule has 0 aliphatic carbocycles. The van der Waals surface area contributed by atoms with Gasteiger partial charge in [-0.3, -0.25) is 0 Å². The quantitative estimate of drug-likeness (QED) is 0.596. The monoisotopic (exact) mass is 143 g/mol. The van der Waals surface area contributed by atoms with Gasteiger partial charge in [-0.2, -0.15) is 0 Å². The highest BCUT2D eigenvalue weighted by Crippen LogP contribution is 1.98. The molecule has 0 aromatic rings. The summed E-state index contributed by atoms with van der Waals surface area (Å²) >= 11 is 0. The van der Waals surface area contributed by atoms with E-state index in [-0.39, 0.29) is 6.67 Å². The number of likely N-dealkylation sites (N-methyl/N-ethyl adjacent to an activating group) is 1. The Bertz CT molecular complexity index is 147. The summed E-state index contributed by atoms with van der Waals surface area (Å²) in [7, 11) is 1.82. The van der Waals surface area contributed by atoms with Crippen molar-refractivity contribution in [1.82, 2.24) is 5.32 Å². The van der Waals surface area contributed by atoms with Crippen molar-refractivity contribution in [2.75, 3.05) is 13.7 Å². The highest BCUT2D eigenvalue weighted by molar-refractivity contribution is 5.20. The second-order valence-corrected chi connectivity index (χ2v) is 2.12. The second kappa shape index (κ2) is 5.03. The third-order valence-electron chi connectivity index (χ3n) is 1.21. The van der Waals surface area contributed by atoms with Crippen LogP contribution in [0, 0.1) is 0 Å². The minimum atomic E-state index is -0.376. The number of nitrogens with one attached hydrogen (secondary N) is 1. The molecule has 0 heterocycles. The highest BCUT2D eigenvalue weighted by Gasteiger charge is 1.88. The molecule has 0 saturated heterocycles. The zero-order valence-electron chi connectivity index (χ0n) is 6.74. The Balaban J connectivity index is 4.08. The SMILES string of the molecule is C/C=C(\C=C(/C)CF)NC. The number of hydrogen-bond donors (Lipinski definition) is 1. The van der Waals surface area contributed by atoms with Gasteiger partial charge in [-0.15, -0.1) is 0 Å². The van der Waals surface area contributed by atoms with Crippen LogP contribution in [-0.4, -0.2) is 13.7 Å². The first-order valence-corrected chi connectivity index (χ1v) is 3.31. The van der Waals surface area contributed by atoms with Crippen molar-refractivity contribution in [2.45, 2.75) is 13.8 Å². The molecule has 0 unspecified atom stereocenters. The fourth-order valence-electron chi connectivity index (χ4n) is 0.604. The molecule has 0 atom stereocenters. The fourth-order valence-corrected chi connectivity index (χ4v) is 0.604. The molecule has 0 fully saturated rings. The van der Waals surface area contributed by atoms with Crippen molar-refractivity contribution in [3.63, 3.8) is 0 Å². The van der Waals surface area contributed by atoms with Crippen molar-refractivity contribution in [2.24, 2.45) is 0 Å². The lowest BCUT2D eigenvalue weighted by Crippen LogP contribution is -2.03. The summed E-state index contributed by atoms with van der Waals surface area (Å²) in [5.41, 5.74) is 1.69. The van der Waals surface area contributed by atoms with Crippen LogP contribution in [0.1, 0.15) is 13.8 Å². The smallest absolute Gasteiger partial charge is 0.111 e. The Labute approximate surface area is 61.6 Å². The van der Waals surface area contributed by atoms with Crippen LogP contribution < -0.4 is 5.32 Å². The standard InChI is InChI=1S/C8H14FN/c1-4-8(10-3)5-7(2)6-9/h4-5,10H,6H2,1-3H3/b7-5+,8-4+. The molecule has 0 aromatic carbocycles. The molecule has 2 heteroatoms. The van der Waals surface area contributed by atoms with Crippen LogP contribution in [0.25, 0.3) is 0 Å². The summed E-state index contributed by atoms with van der Waals surface area (Å²) in [6, 6.07) is 0. The van der Waals surface area contributed by atoms with Crippen LogP contribution in [0.5, 0.6) is 0 Å². The van der Waals surface area contributed by atoms with E-state index in [4.69, 9.17) is 0 Å². The predicted molar refractivity (Wildman–Crippen MR) is 42.5 cm³/mol. The average Bonchev–Trinajstić information content (AvgIpc) is 1.99. The molecule has 0 aliphatic rings. The van der Waals surface area contributed by atoms with E-state index in [1.165, 1.54) is 0 Å². The summed E-state index contributed by atoms with van der Waals surface area (Å²) in [5.74, 6) is 0. The zero-order chi connectivity index (χ0) is 7.98. The average molecular weight is 143 g/mol. The van der Waals surface area contributed by atoms with Crippen molar-refractivity contribution in [1.29, 1.82) is 0 Å². The van der Waals surface area contributed by atoms with Gasteiger partial charge in [0.2, 0.25) is 0 Å². The first-order valence-electron chi connectivity index (χ1n) is 3.31. The summed E-state index contributed by atoms with van der Waals surface area (Å²) in [6.07, 6.45) is 3.69. The van der Waals surface area contributed by atoms with E-state index < -0.39 is 0 Å². The third-order valence-corrected chi connectivity index (χ3v) is 1.21. The summed E-state index contributed by atoms with van der Waals surface area (Å²) in [4.78, 5) is 0. The van der Waals surface area contributed by atoms with Crippen molar-refractivity contribution >= 4 is 0 Å². The first-order chi connectivity index (χ1) is 4.74. The van der Waals surface area contributed by atoms with E-state index >= 15 is 0 Å². The lowest BCUT2D eigenvalue weighted by Gasteiger charge is -1.99. The minimum Gasteiger partial charge on any atom is -0.388 e. The third kappa shape index (κ3) is 3.28. The van der Waals surface area contributed by atoms with Gasteiger partial charge < -0.3 is 5.32 Å². The molecule has 0 amide bonds. The normalized spacial score (nSPS) is 13.6. The number of halogens is 1. The molecule has 0 aliphatic heterocycles. The van der Waals surface area contributed by atoms with Gasteiger partial charge in [0.1, 0.15) is 6.67 Å². The van der Waals surface area contributed by atoms with Crippen LogP contribution in [0.3, 0.4) is 0 Å². The lowest BCUT2D eigenvalue weighted by atomic mass is 10.2. The molecular weight excluding hydrogens is 129 g/mol. The van der Waals surface area contributed by atoms with Crippen molar-refractivity contribution in [3.05, 3.63) is 23.4 Å². The van der Waals surface area contributed by atoms with Crippen LogP contribution in [0.15, 0.2) is 23.4 Å². The van der Waals surface area contributed by atoms with E-state index in [1.54, 1.807) is 13.0 Å². The van der Waals surface area contributed by atoms with Gasteiger partial charge in [0.25, 0.3) is 0 Å². The molecular formula is C8H14FN. The van der Waals surface area contributed by atoms with Gasteiger partial charge in [0.15, 0.2) is 0 Å². The number of alkyl halides is 1. The Morgan fingerprint density at radius 3 is 2.50 bits per heavy atom. The molecule has 0 aromatic heterocycles. The van der Waals surface area contributed by atoms with Gasteiger partial charge in [-0.05, 0) is 25.5 Å².